The Morgan fingerprint density at radius 1 is 0.515 bits per heavy atom. The smallest absolute Gasteiger partial charge is 0.0440 e. The molecule has 0 heterocycles. The standard InChI is InChI=1S/C32H39N/c1-33(2)31-23-12-11-20-29(31)27-18-9-10-19-28(27)30-22-13-21-26(24-14-5-3-6-15-24)32(30)25-16-7-4-8-17-25/h9-13,18-25H,3-8,14-17H2,1-2H3. The third kappa shape index (κ3) is 4.60. The van der Waals surface area contributed by atoms with Crippen LogP contribution >= 0.6 is 0 Å². The summed E-state index contributed by atoms with van der Waals surface area (Å²) in [5.74, 6) is 1.46. The lowest BCUT2D eigenvalue weighted by molar-refractivity contribution is 0.419. The van der Waals surface area contributed by atoms with E-state index in [9.17, 15) is 0 Å². The molecule has 2 fully saturated rings. The molecule has 0 aromatic heterocycles. The van der Waals surface area contributed by atoms with Crippen molar-refractivity contribution in [1.29, 1.82) is 0 Å². The number of benzene rings is 3. The molecule has 0 bridgehead atoms. The molecule has 5 rings (SSSR count). The van der Waals surface area contributed by atoms with E-state index in [0.717, 1.165) is 5.92 Å². The van der Waals surface area contributed by atoms with Gasteiger partial charge in [0.05, 0.1) is 0 Å². The van der Waals surface area contributed by atoms with Crippen LogP contribution in [0.3, 0.4) is 0 Å². The molecule has 3 aromatic carbocycles. The van der Waals surface area contributed by atoms with Crippen LogP contribution in [0.15, 0.2) is 66.7 Å². The first kappa shape index (κ1) is 22.3. The summed E-state index contributed by atoms with van der Waals surface area (Å²) in [6, 6.07) is 25.3. The first-order chi connectivity index (χ1) is 16.2. The van der Waals surface area contributed by atoms with Gasteiger partial charge < -0.3 is 4.90 Å². The minimum absolute atomic E-state index is 0.712. The Kier molecular flexibility index (Phi) is 6.85. The van der Waals surface area contributed by atoms with Gasteiger partial charge in [-0.05, 0) is 71.4 Å². The zero-order chi connectivity index (χ0) is 22.6. The van der Waals surface area contributed by atoms with Gasteiger partial charge in [0.1, 0.15) is 0 Å². The molecule has 0 aliphatic heterocycles. The van der Waals surface area contributed by atoms with Crippen molar-refractivity contribution in [1.82, 2.24) is 0 Å². The number of hydrogen-bond donors (Lipinski definition) is 0. The molecule has 0 atom stereocenters. The fraction of sp³-hybridized carbons (Fsp3) is 0.438. The maximum atomic E-state index is 2.49. The molecule has 33 heavy (non-hydrogen) atoms. The van der Waals surface area contributed by atoms with Crippen molar-refractivity contribution >= 4 is 5.69 Å². The molecule has 172 valence electrons. The van der Waals surface area contributed by atoms with E-state index in [4.69, 9.17) is 0 Å². The molecule has 0 amide bonds. The van der Waals surface area contributed by atoms with Crippen LogP contribution in [0.4, 0.5) is 5.69 Å². The van der Waals surface area contributed by atoms with Gasteiger partial charge in [0, 0.05) is 25.3 Å². The Hall–Kier alpha value is -2.54. The molecule has 2 aliphatic rings. The van der Waals surface area contributed by atoms with Crippen LogP contribution in [-0.4, -0.2) is 14.1 Å². The monoisotopic (exact) mass is 437 g/mol. The maximum absolute atomic E-state index is 2.49. The van der Waals surface area contributed by atoms with Crippen LogP contribution in [-0.2, 0) is 0 Å². The summed E-state index contributed by atoms with van der Waals surface area (Å²) >= 11 is 0. The van der Waals surface area contributed by atoms with E-state index >= 15 is 0 Å². The molecule has 0 radical (unpaired) electrons. The largest absolute Gasteiger partial charge is 0.377 e. The first-order valence-electron chi connectivity index (χ1n) is 13.2. The van der Waals surface area contributed by atoms with E-state index in [0.29, 0.717) is 5.92 Å². The fourth-order valence-corrected chi connectivity index (χ4v) is 6.48. The predicted molar refractivity (Wildman–Crippen MR) is 143 cm³/mol. The molecule has 0 N–H and O–H groups in total. The second-order valence-electron chi connectivity index (χ2n) is 10.4. The third-order valence-corrected chi connectivity index (χ3v) is 8.09. The van der Waals surface area contributed by atoms with Crippen molar-refractivity contribution in [3.8, 4) is 22.3 Å². The van der Waals surface area contributed by atoms with Gasteiger partial charge in [0.25, 0.3) is 0 Å². The highest BCUT2D eigenvalue weighted by Crippen LogP contribution is 2.47. The SMILES string of the molecule is CN(C)c1ccccc1-c1ccccc1-c1cccc(C2CCCCC2)c1C1CCCCC1. The molecule has 0 unspecified atom stereocenters. The van der Waals surface area contributed by atoms with Crippen molar-refractivity contribution in [2.24, 2.45) is 0 Å². The van der Waals surface area contributed by atoms with E-state index in [-0.39, 0.29) is 0 Å². The third-order valence-electron chi connectivity index (χ3n) is 8.09. The number of rotatable bonds is 5. The Labute approximate surface area is 200 Å². The van der Waals surface area contributed by atoms with Crippen LogP contribution in [0.2, 0.25) is 0 Å². The zero-order valence-corrected chi connectivity index (χ0v) is 20.5. The highest BCUT2D eigenvalue weighted by Gasteiger charge is 2.27. The topological polar surface area (TPSA) is 3.24 Å². The summed E-state index contributed by atoms with van der Waals surface area (Å²) in [5.41, 5.74) is 10.2. The van der Waals surface area contributed by atoms with Gasteiger partial charge in [0.2, 0.25) is 0 Å². The molecule has 1 heteroatoms. The summed E-state index contributed by atoms with van der Waals surface area (Å²) in [6.07, 6.45) is 13.8. The quantitative estimate of drug-likeness (QED) is 0.384. The van der Waals surface area contributed by atoms with Crippen LogP contribution in [0.5, 0.6) is 0 Å². The van der Waals surface area contributed by atoms with Crippen LogP contribution in [0, 0.1) is 0 Å². The summed E-state index contributed by atoms with van der Waals surface area (Å²) in [6.45, 7) is 0. The fourth-order valence-electron chi connectivity index (χ4n) is 6.48. The molecular weight excluding hydrogens is 398 g/mol. The van der Waals surface area contributed by atoms with Gasteiger partial charge in [-0.25, -0.2) is 0 Å². The van der Waals surface area contributed by atoms with Crippen molar-refractivity contribution in [2.45, 2.75) is 76.0 Å². The number of anilines is 1. The van der Waals surface area contributed by atoms with E-state index in [1.807, 2.05) is 0 Å². The first-order valence-corrected chi connectivity index (χ1v) is 13.2. The maximum Gasteiger partial charge on any atom is 0.0440 e. The van der Waals surface area contributed by atoms with Crippen LogP contribution < -0.4 is 4.90 Å². The van der Waals surface area contributed by atoms with Gasteiger partial charge in [-0.15, -0.1) is 0 Å². The summed E-state index contributed by atoms with van der Waals surface area (Å²) < 4.78 is 0. The molecule has 0 spiro atoms. The molecular formula is C32H39N. The Morgan fingerprint density at radius 2 is 1.03 bits per heavy atom. The Morgan fingerprint density at radius 3 is 1.67 bits per heavy atom. The number of para-hydroxylation sites is 1. The highest BCUT2D eigenvalue weighted by molar-refractivity contribution is 5.90. The predicted octanol–water partition coefficient (Wildman–Crippen LogP) is 9.18. The van der Waals surface area contributed by atoms with Gasteiger partial charge in [-0.1, -0.05) is 99.2 Å². The second kappa shape index (κ2) is 10.2. The Balaban J connectivity index is 1.69. The van der Waals surface area contributed by atoms with Gasteiger partial charge >= 0.3 is 0 Å². The summed E-state index contributed by atoms with van der Waals surface area (Å²) in [7, 11) is 4.30. The number of hydrogen-bond acceptors (Lipinski definition) is 1. The molecule has 0 saturated heterocycles. The normalized spacial score (nSPS) is 17.8. The van der Waals surface area contributed by atoms with Gasteiger partial charge in [-0.2, -0.15) is 0 Å². The van der Waals surface area contributed by atoms with Crippen LogP contribution in [0.25, 0.3) is 22.3 Å². The minimum Gasteiger partial charge on any atom is -0.377 e. The van der Waals surface area contributed by atoms with Gasteiger partial charge in [0.15, 0.2) is 0 Å². The summed E-state index contributed by atoms with van der Waals surface area (Å²) in [5, 5.41) is 0. The average molecular weight is 438 g/mol. The Bertz CT molecular complexity index is 1070. The van der Waals surface area contributed by atoms with E-state index in [1.165, 1.54) is 92.1 Å². The number of nitrogens with zero attached hydrogens (tertiary/aromatic N) is 1. The van der Waals surface area contributed by atoms with Crippen molar-refractivity contribution < 1.29 is 0 Å². The zero-order valence-electron chi connectivity index (χ0n) is 20.5. The molecule has 3 aromatic rings. The van der Waals surface area contributed by atoms with Crippen LogP contribution in [0.1, 0.15) is 87.2 Å². The van der Waals surface area contributed by atoms with Gasteiger partial charge in [-0.3, -0.25) is 0 Å². The molecule has 2 aliphatic carbocycles. The molecule has 1 nitrogen and oxygen atoms in total. The van der Waals surface area contributed by atoms with Crippen molar-refractivity contribution in [2.75, 3.05) is 19.0 Å². The summed E-state index contributed by atoms with van der Waals surface area (Å²) in [4.78, 5) is 2.24. The lowest BCUT2D eigenvalue weighted by Gasteiger charge is -2.32. The minimum atomic E-state index is 0.712. The van der Waals surface area contributed by atoms with E-state index < -0.39 is 0 Å². The van der Waals surface area contributed by atoms with E-state index in [1.54, 1.807) is 11.1 Å². The van der Waals surface area contributed by atoms with Crippen molar-refractivity contribution in [3.63, 3.8) is 0 Å². The lowest BCUT2D eigenvalue weighted by atomic mass is 9.73. The average Bonchev–Trinajstić information content (AvgIpc) is 2.89. The van der Waals surface area contributed by atoms with Crippen molar-refractivity contribution in [3.05, 3.63) is 77.9 Å². The highest BCUT2D eigenvalue weighted by atomic mass is 15.1. The molecule has 2 saturated carbocycles. The van der Waals surface area contributed by atoms with E-state index in [2.05, 4.69) is 85.7 Å². The lowest BCUT2D eigenvalue weighted by Crippen LogP contribution is -2.14. The second-order valence-corrected chi connectivity index (χ2v) is 10.4.